The van der Waals surface area contributed by atoms with Crippen LogP contribution in [-0.4, -0.2) is 0 Å². The van der Waals surface area contributed by atoms with E-state index in [0.717, 1.165) is 38.5 Å². The first-order valence-electron chi connectivity index (χ1n) is 10.1. The molecule has 0 saturated heterocycles. The van der Waals surface area contributed by atoms with Crippen LogP contribution in [0.5, 0.6) is 0 Å². The monoisotopic (exact) mass is 374 g/mol. The van der Waals surface area contributed by atoms with Gasteiger partial charge in [0.1, 0.15) is 0 Å². The standard InChI is InChI=1S/C25H26O3/c1-3-5-7-17-9-13-19(14-10-17)21-22(24(27)25(28)23(21)26)20-15-11-18(12-16-20)8-6-4-2/h9-16H,3-8H2,1-2H3. The van der Waals surface area contributed by atoms with Crippen LogP contribution in [0.2, 0.25) is 0 Å². The Morgan fingerprint density at radius 2 is 0.893 bits per heavy atom. The second kappa shape index (κ2) is 8.92. The zero-order valence-corrected chi connectivity index (χ0v) is 16.6. The highest BCUT2D eigenvalue weighted by molar-refractivity contribution is 5.84. The van der Waals surface area contributed by atoms with Gasteiger partial charge in [-0.3, -0.25) is 14.4 Å². The van der Waals surface area contributed by atoms with Crippen LogP contribution in [-0.2, 0) is 12.8 Å². The Morgan fingerprint density at radius 1 is 0.536 bits per heavy atom. The molecule has 0 bridgehead atoms. The Morgan fingerprint density at radius 3 is 1.21 bits per heavy atom. The van der Waals surface area contributed by atoms with Crippen molar-refractivity contribution in [2.45, 2.75) is 52.4 Å². The van der Waals surface area contributed by atoms with Crippen molar-refractivity contribution in [3.63, 3.8) is 0 Å². The number of unbranched alkanes of at least 4 members (excludes halogenated alkanes) is 2. The minimum absolute atomic E-state index is 0.235. The maximum atomic E-state index is 12.5. The minimum Gasteiger partial charge on any atom is -0.285 e. The first-order valence-corrected chi connectivity index (χ1v) is 10.1. The molecule has 144 valence electrons. The number of benzene rings is 2. The van der Waals surface area contributed by atoms with Crippen molar-refractivity contribution in [2.24, 2.45) is 0 Å². The van der Waals surface area contributed by atoms with E-state index < -0.39 is 16.3 Å². The predicted molar refractivity (Wildman–Crippen MR) is 116 cm³/mol. The van der Waals surface area contributed by atoms with Crippen molar-refractivity contribution in [3.8, 4) is 22.3 Å². The summed E-state index contributed by atoms with van der Waals surface area (Å²) in [6.45, 7) is 4.29. The van der Waals surface area contributed by atoms with Gasteiger partial charge in [-0.25, -0.2) is 0 Å². The molecule has 3 aromatic rings. The molecule has 0 amide bonds. The van der Waals surface area contributed by atoms with Crippen LogP contribution in [0.25, 0.3) is 22.3 Å². The Labute approximate surface area is 165 Å². The lowest BCUT2D eigenvalue weighted by Crippen LogP contribution is -2.30. The molecule has 0 heterocycles. The Hall–Kier alpha value is -2.81. The van der Waals surface area contributed by atoms with Gasteiger partial charge in [0.05, 0.1) is 0 Å². The van der Waals surface area contributed by atoms with Crippen molar-refractivity contribution in [2.75, 3.05) is 0 Å². The van der Waals surface area contributed by atoms with Crippen molar-refractivity contribution in [1.82, 2.24) is 0 Å². The smallest absolute Gasteiger partial charge is 0.274 e. The molecule has 3 aromatic carbocycles. The molecule has 0 aliphatic carbocycles. The summed E-state index contributed by atoms with van der Waals surface area (Å²) in [5.41, 5.74) is 1.79. The van der Waals surface area contributed by atoms with Crippen LogP contribution in [0.3, 0.4) is 0 Å². The zero-order valence-electron chi connectivity index (χ0n) is 16.6. The van der Waals surface area contributed by atoms with Gasteiger partial charge in [0.2, 0.25) is 10.9 Å². The first kappa shape index (κ1) is 19.9. The summed E-state index contributed by atoms with van der Waals surface area (Å²) >= 11 is 0. The zero-order chi connectivity index (χ0) is 20.1. The van der Waals surface area contributed by atoms with Crippen LogP contribution >= 0.6 is 0 Å². The van der Waals surface area contributed by atoms with Crippen LogP contribution < -0.4 is 16.3 Å². The lowest BCUT2D eigenvalue weighted by atomic mass is 9.96. The summed E-state index contributed by atoms with van der Waals surface area (Å²) in [6.07, 6.45) is 6.40. The average molecular weight is 374 g/mol. The summed E-state index contributed by atoms with van der Waals surface area (Å²) in [4.78, 5) is 37.2. The third kappa shape index (κ3) is 4.04. The van der Waals surface area contributed by atoms with E-state index in [1.54, 1.807) is 0 Å². The molecule has 0 N–H and O–H groups in total. The number of hydrogen-bond acceptors (Lipinski definition) is 3. The molecule has 0 radical (unpaired) electrons. The quantitative estimate of drug-likeness (QED) is 0.539. The lowest BCUT2D eigenvalue weighted by molar-refractivity contribution is 0.795. The Bertz CT molecular complexity index is 981. The normalized spacial score (nSPS) is 11.1. The lowest BCUT2D eigenvalue weighted by Gasteiger charge is -2.07. The second-order valence-electron chi connectivity index (χ2n) is 7.34. The third-order valence-electron chi connectivity index (χ3n) is 5.24. The molecule has 0 atom stereocenters. The van der Waals surface area contributed by atoms with E-state index in [-0.39, 0.29) is 11.1 Å². The van der Waals surface area contributed by atoms with Crippen molar-refractivity contribution >= 4 is 0 Å². The van der Waals surface area contributed by atoms with Crippen LogP contribution in [0.15, 0.2) is 62.9 Å². The van der Waals surface area contributed by atoms with Gasteiger partial charge in [-0.05, 0) is 47.9 Å². The van der Waals surface area contributed by atoms with Gasteiger partial charge in [0.15, 0.2) is 0 Å². The summed E-state index contributed by atoms with van der Waals surface area (Å²) in [5.74, 6) is 0. The van der Waals surface area contributed by atoms with E-state index in [1.165, 1.54) is 11.1 Å². The van der Waals surface area contributed by atoms with Gasteiger partial charge in [0.25, 0.3) is 5.43 Å². The van der Waals surface area contributed by atoms with Crippen LogP contribution in [0, 0.1) is 0 Å². The average Bonchev–Trinajstić information content (AvgIpc) is 2.95. The van der Waals surface area contributed by atoms with Crippen molar-refractivity contribution < 1.29 is 0 Å². The molecule has 3 heteroatoms. The van der Waals surface area contributed by atoms with Gasteiger partial charge < -0.3 is 0 Å². The molecule has 0 saturated carbocycles. The third-order valence-corrected chi connectivity index (χ3v) is 5.24. The van der Waals surface area contributed by atoms with E-state index in [9.17, 15) is 14.4 Å². The summed E-state index contributed by atoms with van der Waals surface area (Å²) < 4.78 is 0. The Kier molecular flexibility index (Phi) is 6.35. The van der Waals surface area contributed by atoms with E-state index in [1.807, 2.05) is 48.5 Å². The maximum absolute atomic E-state index is 12.5. The van der Waals surface area contributed by atoms with Crippen LogP contribution in [0.4, 0.5) is 0 Å². The topological polar surface area (TPSA) is 51.2 Å². The van der Waals surface area contributed by atoms with E-state index in [2.05, 4.69) is 13.8 Å². The van der Waals surface area contributed by atoms with Crippen LogP contribution in [0.1, 0.15) is 50.7 Å². The molecule has 0 aromatic heterocycles. The fourth-order valence-corrected chi connectivity index (χ4v) is 3.55. The largest absolute Gasteiger partial charge is 0.285 e. The molecule has 0 fully saturated rings. The fourth-order valence-electron chi connectivity index (χ4n) is 3.55. The highest BCUT2D eigenvalue weighted by Gasteiger charge is 2.22. The van der Waals surface area contributed by atoms with Gasteiger partial charge in [0, 0.05) is 11.1 Å². The molecule has 0 aliphatic rings. The summed E-state index contributed by atoms with van der Waals surface area (Å²) in [7, 11) is 0. The van der Waals surface area contributed by atoms with Crippen molar-refractivity contribution in [1.29, 1.82) is 0 Å². The van der Waals surface area contributed by atoms with E-state index >= 15 is 0 Å². The fraction of sp³-hybridized carbons (Fsp3) is 0.320. The molecule has 28 heavy (non-hydrogen) atoms. The summed E-state index contributed by atoms with van der Waals surface area (Å²) in [6, 6.07) is 15.3. The van der Waals surface area contributed by atoms with Gasteiger partial charge in [-0.15, -0.1) is 0 Å². The molecular weight excluding hydrogens is 348 g/mol. The Balaban J connectivity index is 2.04. The highest BCUT2D eigenvalue weighted by atomic mass is 16.2. The SMILES string of the molecule is CCCCc1ccc(-c2c(-c3ccc(CCCC)cc3)c(=O)c(=O)c2=O)cc1. The summed E-state index contributed by atoms with van der Waals surface area (Å²) in [5, 5.41) is 0. The van der Waals surface area contributed by atoms with Gasteiger partial charge in [-0.1, -0.05) is 75.2 Å². The minimum atomic E-state index is -0.935. The van der Waals surface area contributed by atoms with Gasteiger partial charge >= 0.3 is 0 Å². The first-order chi connectivity index (χ1) is 13.6. The highest BCUT2D eigenvalue weighted by Crippen LogP contribution is 2.27. The predicted octanol–water partition coefficient (Wildman–Crippen LogP) is 4.66. The van der Waals surface area contributed by atoms with E-state index in [0.29, 0.717) is 11.1 Å². The molecular formula is C25H26O3. The second-order valence-corrected chi connectivity index (χ2v) is 7.34. The molecule has 3 nitrogen and oxygen atoms in total. The number of rotatable bonds is 8. The van der Waals surface area contributed by atoms with Crippen molar-refractivity contribution in [3.05, 3.63) is 90.3 Å². The van der Waals surface area contributed by atoms with Gasteiger partial charge in [-0.2, -0.15) is 0 Å². The molecule has 3 rings (SSSR count). The maximum Gasteiger partial charge on any atom is 0.274 e. The molecule has 0 unspecified atom stereocenters. The molecule has 0 spiro atoms. The van der Waals surface area contributed by atoms with E-state index in [4.69, 9.17) is 0 Å². The number of aryl methyl sites for hydroxylation is 2. The molecule has 0 aliphatic heterocycles. The number of hydrogen-bond donors (Lipinski definition) is 0.